The Morgan fingerprint density at radius 3 is 2.75 bits per heavy atom. The van der Waals surface area contributed by atoms with Crippen molar-refractivity contribution in [2.75, 3.05) is 11.4 Å². The molecule has 1 fully saturated rings. The first-order valence-electron chi connectivity index (χ1n) is 4.95. The van der Waals surface area contributed by atoms with Gasteiger partial charge in [-0.2, -0.15) is 0 Å². The lowest BCUT2D eigenvalue weighted by atomic mass is 10.2. The van der Waals surface area contributed by atoms with Crippen molar-refractivity contribution >= 4 is 29.1 Å². The predicted molar refractivity (Wildman–Crippen MR) is 61.4 cm³/mol. The van der Waals surface area contributed by atoms with Crippen LogP contribution in [-0.2, 0) is 9.59 Å². The minimum Gasteiger partial charge on any atom is -0.343 e. The van der Waals surface area contributed by atoms with Gasteiger partial charge in [0.1, 0.15) is 12.6 Å². The van der Waals surface area contributed by atoms with Crippen molar-refractivity contribution in [3.63, 3.8) is 0 Å². The third kappa shape index (κ3) is 1.88. The molecule has 1 aromatic carbocycles. The van der Waals surface area contributed by atoms with Crippen LogP contribution in [0, 0.1) is 0 Å². The van der Waals surface area contributed by atoms with Crippen LogP contribution < -0.4 is 10.2 Å². The first kappa shape index (κ1) is 11.0. The number of hydrogen-bond donors (Lipinski definition) is 1. The van der Waals surface area contributed by atoms with Gasteiger partial charge in [-0.3, -0.25) is 14.5 Å². The Hall–Kier alpha value is -1.55. The molecule has 2 rings (SSSR count). The summed E-state index contributed by atoms with van der Waals surface area (Å²) in [5.74, 6) is -0.320. The molecule has 1 saturated heterocycles. The Labute approximate surface area is 98.2 Å². The van der Waals surface area contributed by atoms with Crippen molar-refractivity contribution in [1.82, 2.24) is 5.32 Å². The zero-order chi connectivity index (χ0) is 11.7. The fourth-order valence-corrected chi connectivity index (χ4v) is 1.92. The van der Waals surface area contributed by atoms with E-state index in [1.165, 1.54) is 4.90 Å². The molecule has 2 amide bonds. The van der Waals surface area contributed by atoms with Crippen LogP contribution in [0.15, 0.2) is 24.3 Å². The van der Waals surface area contributed by atoms with Gasteiger partial charge in [0.2, 0.25) is 11.8 Å². The summed E-state index contributed by atoms with van der Waals surface area (Å²) in [4.78, 5) is 24.7. The van der Waals surface area contributed by atoms with Crippen LogP contribution in [0.3, 0.4) is 0 Å². The van der Waals surface area contributed by atoms with E-state index >= 15 is 0 Å². The number of rotatable bonds is 1. The zero-order valence-corrected chi connectivity index (χ0v) is 9.49. The van der Waals surface area contributed by atoms with Gasteiger partial charge >= 0.3 is 0 Å². The van der Waals surface area contributed by atoms with Gasteiger partial charge in [-0.05, 0) is 19.1 Å². The molecule has 0 bridgehead atoms. The second-order valence-corrected chi connectivity index (χ2v) is 4.07. The Morgan fingerprint density at radius 2 is 2.06 bits per heavy atom. The van der Waals surface area contributed by atoms with Gasteiger partial charge in [0.15, 0.2) is 0 Å². The summed E-state index contributed by atoms with van der Waals surface area (Å²) in [6.07, 6.45) is 0. The number of carbonyl (C=O) groups excluding carboxylic acids is 2. The van der Waals surface area contributed by atoms with E-state index < -0.39 is 6.04 Å². The summed E-state index contributed by atoms with van der Waals surface area (Å²) in [5.41, 5.74) is 0.580. The van der Waals surface area contributed by atoms with Crippen LogP contribution >= 0.6 is 11.6 Å². The second kappa shape index (κ2) is 4.14. The van der Waals surface area contributed by atoms with Gasteiger partial charge in [-0.15, -0.1) is 0 Å². The van der Waals surface area contributed by atoms with E-state index in [0.29, 0.717) is 10.7 Å². The summed E-state index contributed by atoms with van der Waals surface area (Å²) in [6.45, 7) is 1.68. The lowest BCUT2D eigenvalue weighted by molar-refractivity contribution is -0.130. The fourth-order valence-electron chi connectivity index (χ4n) is 1.68. The van der Waals surface area contributed by atoms with Crippen molar-refractivity contribution in [1.29, 1.82) is 0 Å². The van der Waals surface area contributed by atoms with Gasteiger partial charge in [0.05, 0.1) is 10.7 Å². The summed E-state index contributed by atoms with van der Waals surface area (Å²) in [6, 6.07) is 6.49. The van der Waals surface area contributed by atoms with Crippen molar-refractivity contribution in [2.24, 2.45) is 0 Å². The van der Waals surface area contributed by atoms with Crippen LogP contribution in [-0.4, -0.2) is 24.4 Å². The summed E-state index contributed by atoms with van der Waals surface area (Å²) in [7, 11) is 0. The number of halogens is 1. The van der Waals surface area contributed by atoms with Crippen LogP contribution in [0.25, 0.3) is 0 Å². The number of nitrogens with zero attached hydrogens (tertiary/aromatic N) is 1. The standard InChI is InChI=1S/C11H11ClN2O2/c1-7-11(16)14(6-10(15)13-7)9-5-3-2-4-8(9)12/h2-5,7H,6H2,1H3,(H,13,15). The van der Waals surface area contributed by atoms with E-state index in [1.807, 2.05) is 0 Å². The first-order valence-corrected chi connectivity index (χ1v) is 5.32. The van der Waals surface area contributed by atoms with E-state index in [9.17, 15) is 9.59 Å². The molecular weight excluding hydrogens is 228 g/mol. The van der Waals surface area contributed by atoms with Crippen molar-refractivity contribution in [3.8, 4) is 0 Å². The van der Waals surface area contributed by atoms with Crippen molar-refractivity contribution in [2.45, 2.75) is 13.0 Å². The minimum atomic E-state index is -0.502. The molecule has 1 aliphatic rings. The van der Waals surface area contributed by atoms with Gasteiger partial charge in [-0.25, -0.2) is 0 Å². The van der Waals surface area contributed by atoms with Gasteiger partial charge in [0.25, 0.3) is 0 Å². The molecule has 0 aliphatic carbocycles. The third-order valence-electron chi connectivity index (χ3n) is 2.46. The molecule has 1 atom stereocenters. The SMILES string of the molecule is CC1NC(=O)CN(c2ccccc2Cl)C1=O. The topological polar surface area (TPSA) is 49.4 Å². The maximum Gasteiger partial charge on any atom is 0.249 e. The molecule has 4 nitrogen and oxygen atoms in total. The average Bonchev–Trinajstić information content (AvgIpc) is 2.24. The number of amides is 2. The molecule has 0 spiro atoms. The van der Waals surface area contributed by atoms with Crippen molar-refractivity contribution in [3.05, 3.63) is 29.3 Å². The molecule has 84 valence electrons. The van der Waals surface area contributed by atoms with E-state index in [-0.39, 0.29) is 18.4 Å². The number of carbonyl (C=O) groups is 2. The lowest BCUT2D eigenvalue weighted by Crippen LogP contribution is -2.57. The molecule has 1 aliphatic heterocycles. The van der Waals surface area contributed by atoms with E-state index in [4.69, 9.17) is 11.6 Å². The summed E-state index contributed by atoms with van der Waals surface area (Å²) >= 11 is 5.99. The number of benzene rings is 1. The Kier molecular flexibility index (Phi) is 2.83. The molecule has 16 heavy (non-hydrogen) atoms. The molecule has 1 heterocycles. The van der Waals surface area contributed by atoms with Crippen LogP contribution in [0.1, 0.15) is 6.92 Å². The Balaban J connectivity index is 2.36. The first-order chi connectivity index (χ1) is 7.59. The van der Waals surface area contributed by atoms with Gasteiger partial charge in [0, 0.05) is 0 Å². The number of para-hydroxylation sites is 1. The van der Waals surface area contributed by atoms with E-state index in [0.717, 1.165) is 0 Å². The highest BCUT2D eigenvalue weighted by molar-refractivity contribution is 6.34. The Bertz CT molecular complexity index is 447. The minimum absolute atomic E-state index is 0.0207. The molecule has 1 unspecified atom stereocenters. The van der Waals surface area contributed by atoms with Crippen LogP contribution in [0.5, 0.6) is 0 Å². The highest BCUT2D eigenvalue weighted by atomic mass is 35.5. The number of hydrogen-bond acceptors (Lipinski definition) is 2. The van der Waals surface area contributed by atoms with Gasteiger partial charge in [-0.1, -0.05) is 23.7 Å². The molecule has 5 heteroatoms. The maximum atomic E-state index is 11.9. The molecule has 1 N–H and O–H groups in total. The second-order valence-electron chi connectivity index (χ2n) is 3.66. The number of piperazine rings is 1. The number of anilines is 1. The maximum absolute atomic E-state index is 11.9. The average molecular weight is 239 g/mol. The van der Waals surface area contributed by atoms with Crippen LogP contribution in [0.2, 0.25) is 5.02 Å². The summed E-state index contributed by atoms with van der Waals surface area (Å²) in [5, 5.41) is 3.05. The van der Waals surface area contributed by atoms with Crippen molar-refractivity contribution < 1.29 is 9.59 Å². The largest absolute Gasteiger partial charge is 0.343 e. The fraction of sp³-hybridized carbons (Fsp3) is 0.273. The Morgan fingerprint density at radius 1 is 1.38 bits per heavy atom. The quantitative estimate of drug-likeness (QED) is 0.799. The van der Waals surface area contributed by atoms with E-state index in [1.54, 1.807) is 31.2 Å². The van der Waals surface area contributed by atoms with Gasteiger partial charge < -0.3 is 5.32 Å². The summed E-state index contributed by atoms with van der Waals surface area (Å²) < 4.78 is 0. The monoisotopic (exact) mass is 238 g/mol. The normalized spacial score (nSPS) is 20.9. The highest BCUT2D eigenvalue weighted by Crippen LogP contribution is 2.26. The smallest absolute Gasteiger partial charge is 0.249 e. The molecular formula is C11H11ClN2O2. The highest BCUT2D eigenvalue weighted by Gasteiger charge is 2.31. The molecule has 0 aromatic heterocycles. The molecule has 0 radical (unpaired) electrons. The van der Waals surface area contributed by atoms with Crippen LogP contribution in [0.4, 0.5) is 5.69 Å². The zero-order valence-electron chi connectivity index (χ0n) is 8.74. The molecule has 1 aromatic rings. The molecule has 0 saturated carbocycles. The predicted octanol–water partition coefficient (Wildman–Crippen LogP) is 1.19. The third-order valence-corrected chi connectivity index (χ3v) is 2.78. The number of nitrogens with one attached hydrogen (secondary N) is 1. The van der Waals surface area contributed by atoms with E-state index in [2.05, 4.69) is 5.32 Å². The lowest BCUT2D eigenvalue weighted by Gasteiger charge is -2.31.